The predicted molar refractivity (Wildman–Crippen MR) is 90.7 cm³/mol. The highest BCUT2D eigenvalue weighted by Crippen LogP contribution is 2.20. The van der Waals surface area contributed by atoms with E-state index < -0.39 is 0 Å². The third-order valence-electron chi connectivity index (χ3n) is 4.06. The van der Waals surface area contributed by atoms with Crippen LogP contribution in [0.25, 0.3) is 10.9 Å². The number of nitrogens with zero attached hydrogens (tertiary/aromatic N) is 2. The van der Waals surface area contributed by atoms with Crippen molar-refractivity contribution < 1.29 is 0 Å². The first-order valence-corrected chi connectivity index (χ1v) is 8.47. The maximum atomic E-state index is 4.84. The molecule has 1 aromatic heterocycles. The molecule has 2 rings (SSSR count). The summed E-state index contributed by atoms with van der Waals surface area (Å²) in [6, 6.07) is 9.15. The van der Waals surface area contributed by atoms with Gasteiger partial charge in [0.15, 0.2) is 0 Å². The van der Waals surface area contributed by atoms with Gasteiger partial charge in [0.25, 0.3) is 0 Å². The molecule has 1 heterocycles. The Morgan fingerprint density at radius 1 is 1.14 bits per heavy atom. The van der Waals surface area contributed by atoms with E-state index in [1.807, 2.05) is 0 Å². The summed E-state index contributed by atoms with van der Waals surface area (Å²) in [5.74, 6) is 0. The van der Waals surface area contributed by atoms with E-state index in [-0.39, 0.29) is 0 Å². The number of para-hydroxylation sites is 1. The molecular formula is C18H29N3. The molecule has 0 aliphatic rings. The van der Waals surface area contributed by atoms with Crippen LogP contribution in [-0.2, 0) is 13.0 Å². The molecule has 0 spiro atoms. The number of hydrogen-bond donors (Lipinski definition) is 1. The van der Waals surface area contributed by atoms with Crippen LogP contribution in [0.3, 0.4) is 0 Å². The van der Waals surface area contributed by atoms with Gasteiger partial charge < -0.3 is 5.32 Å². The number of aromatic nitrogens is 2. The van der Waals surface area contributed by atoms with Crippen LogP contribution >= 0.6 is 0 Å². The summed E-state index contributed by atoms with van der Waals surface area (Å²) in [4.78, 5) is 0. The molecule has 0 amide bonds. The second kappa shape index (κ2) is 8.18. The zero-order chi connectivity index (χ0) is 15.1. The highest BCUT2D eigenvalue weighted by molar-refractivity contribution is 5.82. The maximum Gasteiger partial charge on any atom is 0.0718 e. The van der Waals surface area contributed by atoms with Crippen molar-refractivity contribution in [2.24, 2.45) is 0 Å². The summed E-state index contributed by atoms with van der Waals surface area (Å²) >= 11 is 0. The van der Waals surface area contributed by atoms with E-state index >= 15 is 0 Å². The van der Waals surface area contributed by atoms with Gasteiger partial charge in [-0.05, 0) is 32.4 Å². The van der Waals surface area contributed by atoms with E-state index in [9.17, 15) is 0 Å². The molecular weight excluding hydrogens is 258 g/mol. The monoisotopic (exact) mass is 287 g/mol. The number of nitrogens with one attached hydrogen (secondary N) is 1. The minimum Gasteiger partial charge on any atom is -0.314 e. The summed E-state index contributed by atoms with van der Waals surface area (Å²) < 4.78 is 2.13. The van der Waals surface area contributed by atoms with Crippen LogP contribution in [0.5, 0.6) is 0 Å². The molecule has 0 bridgehead atoms. The summed E-state index contributed by atoms with van der Waals surface area (Å²) in [5, 5.41) is 9.85. The van der Waals surface area contributed by atoms with E-state index in [4.69, 9.17) is 5.10 Å². The van der Waals surface area contributed by atoms with Gasteiger partial charge in [-0.25, -0.2) is 0 Å². The second-order valence-corrected chi connectivity index (χ2v) is 5.78. The molecule has 1 aromatic carbocycles. The number of rotatable bonds is 9. The van der Waals surface area contributed by atoms with E-state index in [0.29, 0.717) is 6.04 Å². The molecule has 1 unspecified atom stereocenters. The molecule has 3 nitrogen and oxygen atoms in total. The van der Waals surface area contributed by atoms with Gasteiger partial charge in [0.05, 0.1) is 11.2 Å². The molecule has 0 radical (unpaired) electrons. The first-order chi connectivity index (χ1) is 10.3. The Morgan fingerprint density at radius 2 is 1.95 bits per heavy atom. The van der Waals surface area contributed by atoms with Crippen LogP contribution in [0.1, 0.15) is 52.1 Å². The van der Waals surface area contributed by atoms with Gasteiger partial charge in [0.1, 0.15) is 0 Å². The topological polar surface area (TPSA) is 29.9 Å². The minimum atomic E-state index is 0.550. The van der Waals surface area contributed by atoms with Gasteiger partial charge in [0, 0.05) is 24.4 Å². The molecule has 1 N–H and O–H groups in total. The zero-order valence-electron chi connectivity index (χ0n) is 13.7. The Bertz CT molecular complexity index is 536. The third kappa shape index (κ3) is 4.07. The Hall–Kier alpha value is -1.35. The summed E-state index contributed by atoms with van der Waals surface area (Å²) in [7, 11) is 0. The number of unbranched alkanes of at least 4 members (excludes halogenated alkanes) is 1. The second-order valence-electron chi connectivity index (χ2n) is 5.78. The number of aryl methyl sites for hydroxylation is 1. The van der Waals surface area contributed by atoms with Gasteiger partial charge in [-0.3, -0.25) is 4.68 Å². The van der Waals surface area contributed by atoms with Crippen molar-refractivity contribution >= 4 is 10.9 Å². The van der Waals surface area contributed by atoms with Crippen molar-refractivity contribution in [1.29, 1.82) is 0 Å². The summed E-state index contributed by atoms with van der Waals surface area (Å²) in [6.45, 7) is 8.68. The predicted octanol–water partition coefficient (Wildman–Crippen LogP) is 4.16. The van der Waals surface area contributed by atoms with Crippen molar-refractivity contribution in [3.63, 3.8) is 0 Å². The Labute approximate surface area is 128 Å². The summed E-state index contributed by atoms with van der Waals surface area (Å²) in [5.41, 5.74) is 2.51. The fraction of sp³-hybridized carbons (Fsp3) is 0.611. The lowest BCUT2D eigenvalue weighted by Crippen LogP contribution is -2.32. The normalized spacial score (nSPS) is 12.9. The molecule has 0 saturated carbocycles. The Kier molecular flexibility index (Phi) is 6.24. The molecule has 21 heavy (non-hydrogen) atoms. The molecule has 3 heteroatoms. The molecule has 116 valence electrons. The molecule has 1 atom stereocenters. The number of fused-ring (bicyclic) bond motifs is 1. The van der Waals surface area contributed by atoms with Gasteiger partial charge in [-0.1, -0.05) is 44.9 Å². The molecule has 2 aromatic rings. The molecule has 0 saturated heterocycles. The van der Waals surface area contributed by atoms with E-state index in [1.165, 1.54) is 42.3 Å². The smallest absolute Gasteiger partial charge is 0.0718 e. The largest absolute Gasteiger partial charge is 0.314 e. The highest BCUT2D eigenvalue weighted by Gasteiger charge is 2.14. The molecule has 0 aliphatic carbocycles. The molecule has 0 fully saturated rings. The molecule has 0 aliphatic heterocycles. The van der Waals surface area contributed by atoms with E-state index in [1.54, 1.807) is 0 Å². The first kappa shape index (κ1) is 16.0. The maximum absolute atomic E-state index is 4.84. The average Bonchev–Trinajstić information content (AvgIpc) is 2.88. The van der Waals surface area contributed by atoms with E-state index in [0.717, 1.165) is 19.5 Å². The van der Waals surface area contributed by atoms with Gasteiger partial charge in [-0.2, -0.15) is 5.10 Å². The number of hydrogen-bond acceptors (Lipinski definition) is 2. The van der Waals surface area contributed by atoms with Crippen molar-refractivity contribution in [3.05, 3.63) is 30.0 Å². The van der Waals surface area contributed by atoms with Crippen LogP contribution in [0.2, 0.25) is 0 Å². The third-order valence-corrected chi connectivity index (χ3v) is 4.06. The Balaban J connectivity index is 2.19. The van der Waals surface area contributed by atoms with Crippen molar-refractivity contribution in [3.8, 4) is 0 Å². The minimum absolute atomic E-state index is 0.550. The quantitative estimate of drug-likeness (QED) is 0.750. The lowest BCUT2D eigenvalue weighted by atomic mass is 10.0. The SMILES string of the molecule is CCCCC(Cc1nn(CC)c2ccccc12)NCCC. The first-order valence-electron chi connectivity index (χ1n) is 8.47. The van der Waals surface area contributed by atoms with E-state index in [2.05, 4.69) is 55.0 Å². The van der Waals surface area contributed by atoms with Crippen LogP contribution in [0, 0.1) is 0 Å². The van der Waals surface area contributed by atoms with Crippen molar-refractivity contribution in [1.82, 2.24) is 15.1 Å². The fourth-order valence-electron chi connectivity index (χ4n) is 2.90. The van der Waals surface area contributed by atoms with Gasteiger partial charge in [0.2, 0.25) is 0 Å². The summed E-state index contributed by atoms with van der Waals surface area (Å²) in [6.07, 6.45) is 6.01. The van der Waals surface area contributed by atoms with Crippen molar-refractivity contribution in [2.45, 2.75) is 65.5 Å². The van der Waals surface area contributed by atoms with Crippen LogP contribution in [0.4, 0.5) is 0 Å². The lowest BCUT2D eigenvalue weighted by molar-refractivity contribution is 0.457. The van der Waals surface area contributed by atoms with Crippen molar-refractivity contribution in [2.75, 3.05) is 6.54 Å². The zero-order valence-corrected chi connectivity index (χ0v) is 13.7. The van der Waals surface area contributed by atoms with Gasteiger partial charge in [-0.15, -0.1) is 0 Å². The van der Waals surface area contributed by atoms with Gasteiger partial charge >= 0.3 is 0 Å². The number of benzene rings is 1. The average molecular weight is 287 g/mol. The van der Waals surface area contributed by atoms with Crippen LogP contribution in [-0.4, -0.2) is 22.4 Å². The fourth-order valence-corrected chi connectivity index (χ4v) is 2.90. The van der Waals surface area contributed by atoms with Crippen LogP contribution < -0.4 is 5.32 Å². The van der Waals surface area contributed by atoms with Crippen LogP contribution in [0.15, 0.2) is 24.3 Å². The Morgan fingerprint density at radius 3 is 2.67 bits per heavy atom. The highest BCUT2D eigenvalue weighted by atomic mass is 15.3. The lowest BCUT2D eigenvalue weighted by Gasteiger charge is -2.17. The standard InChI is InChI=1S/C18H29N3/c1-4-7-10-15(19-13-5-2)14-17-16-11-8-9-12-18(16)21(6-3)20-17/h8-9,11-12,15,19H,4-7,10,13-14H2,1-3H3.